The van der Waals surface area contributed by atoms with Crippen LogP contribution in [0.5, 0.6) is 0 Å². The molecule has 39 heavy (non-hydrogen) atoms. The summed E-state index contributed by atoms with van der Waals surface area (Å²) in [7, 11) is 0. The molecule has 0 aromatic heterocycles. The van der Waals surface area contributed by atoms with Crippen molar-refractivity contribution in [3.05, 3.63) is 65.7 Å². The standard InChI is InChI=1S/C31H42N2O6/c1-29(2,3)38-27(35)32-23-16-14-21(15-17-23)20-24(34)18-19-25-26(22-12-10-9-11-13-22)37-31(7,8)33(25)28(36)39-30(4,5)6/h9-17,25-26H,18-20H2,1-8H3,(H,32,35)/t25?,26-/m1/s1. The van der Waals surface area contributed by atoms with Crippen LogP contribution >= 0.6 is 0 Å². The van der Waals surface area contributed by atoms with Crippen LogP contribution in [0.4, 0.5) is 15.3 Å². The van der Waals surface area contributed by atoms with Crippen molar-refractivity contribution in [1.82, 2.24) is 4.90 Å². The van der Waals surface area contributed by atoms with Gasteiger partial charge in [-0.1, -0.05) is 42.5 Å². The van der Waals surface area contributed by atoms with Gasteiger partial charge in [-0.15, -0.1) is 0 Å². The van der Waals surface area contributed by atoms with Crippen molar-refractivity contribution >= 4 is 23.7 Å². The first kappa shape index (κ1) is 30.2. The van der Waals surface area contributed by atoms with Crippen molar-refractivity contribution < 1.29 is 28.6 Å². The van der Waals surface area contributed by atoms with E-state index in [4.69, 9.17) is 14.2 Å². The molecule has 1 aliphatic heterocycles. The Morgan fingerprint density at radius 1 is 0.897 bits per heavy atom. The topological polar surface area (TPSA) is 94.2 Å². The summed E-state index contributed by atoms with van der Waals surface area (Å²) in [4.78, 5) is 39.9. The van der Waals surface area contributed by atoms with Gasteiger partial charge in [0.2, 0.25) is 0 Å². The first-order valence-corrected chi connectivity index (χ1v) is 13.4. The third-order valence-electron chi connectivity index (χ3n) is 6.11. The van der Waals surface area contributed by atoms with Crippen LogP contribution in [-0.4, -0.2) is 45.8 Å². The van der Waals surface area contributed by atoms with Crippen molar-refractivity contribution in [1.29, 1.82) is 0 Å². The number of ketones is 1. The van der Waals surface area contributed by atoms with Gasteiger partial charge in [0.1, 0.15) is 28.8 Å². The van der Waals surface area contributed by atoms with Gasteiger partial charge < -0.3 is 14.2 Å². The molecule has 0 aliphatic carbocycles. The molecular formula is C31H42N2O6. The number of carbonyl (C=O) groups excluding carboxylic acids is 3. The molecular weight excluding hydrogens is 496 g/mol. The number of hydrogen-bond donors (Lipinski definition) is 1. The number of hydrogen-bond acceptors (Lipinski definition) is 6. The number of carbonyl (C=O) groups is 3. The molecule has 2 aromatic carbocycles. The van der Waals surface area contributed by atoms with Crippen molar-refractivity contribution in [2.45, 2.75) is 104 Å². The lowest BCUT2D eigenvalue weighted by atomic mass is 9.95. The van der Waals surface area contributed by atoms with E-state index in [0.717, 1.165) is 11.1 Å². The minimum Gasteiger partial charge on any atom is -0.444 e. The van der Waals surface area contributed by atoms with Crippen LogP contribution in [0.25, 0.3) is 0 Å². The predicted molar refractivity (Wildman–Crippen MR) is 150 cm³/mol. The average molecular weight is 539 g/mol. The van der Waals surface area contributed by atoms with Crippen molar-refractivity contribution in [2.24, 2.45) is 0 Å². The zero-order chi connectivity index (χ0) is 29.0. The molecule has 1 unspecified atom stereocenters. The van der Waals surface area contributed by atoms with Gasteiger partial charge >= 0.3 is 12.2 Å². The zero-order valence-electron chi connectivity index (χ0n) is 24.4. The summed E-state index contributed by atoms with van der Waals surface area (Å²) < 4.78 is 17.4. The van der Waals surface area contributed by atoms with Gasteiger partial charge in [0.25, 0.3) is 0 Å². The molecule has 2 atom stereocenters. The third-order valence-corrected chi connectivity index (χ3v) is 6.11. The zero-order valence-corrected chi connectivity index (χ0v) is 24.4. The van der Waals surface area contributed by atoms with E-state index in [9.17, 15) is 14.4 Å². The van der Waals surface area contributed by atoms with Gasteiger partial charge in [0.15, 0.2) is 0 Å². The summed E-state index contributed by atoms with van der Waals surface area (Å²) in [5, 5.41) is 2.69. The molecule has 1 saturated heterocycles. The number of ether oxygens (including phenoxy) is 3. The van der Waals surface area contributed by atoms with Gasteiger partial charge in [-0.25, -0.2) is 9.59 Å². The summed E-state index contributed by atoms with van der Waals surface area (Å²) >= 11 is 0. The molecule has 8 heteroatoms. The number of Topliss-reactive ketones (excluding diaryl/α,β-unsaturated/α-hetero) is 1. The fraction of sp³-hybridized carbons (Fsp3) is 0.516. The Labute approximate surface area is 232 Å². The Morgan fingerprint density at radius 3 is 2.05 bits per heavy atom. The van der Waals surface area contributed by atoms with Gasteiger partial charge in [0.05, 0.1) is 6.04 Å². The highest BCUT2D eigenvalue weighted by Crippen LogP contribution is 2.43. The number of anilines is 1. The molecule has 1 heterocycles. The summed E-state index contributed by atoms with van der Waals surface area (Å²) in [6, 6.07) is 16.5. The molecule has 0 spiro atoms. The summed E-state index contributed by atoms with van der Waals surface area (Å²) in [5.74, 6) is 0.0449. The minimum atomic E-state index is -0.909. The quantitative estimate of drug-likeness (QED) is 0.406. The lowest BCUT2D eigenvalue weighted by molar-refractivity contribution is -0.118. The first-order chi connectivity index (χ1) is 18.0. The normalized spacial score (nSPS) is 18.9. The SMILES string of the molecule is CC(C)(C)OC(=O)Nc1ccc(CC(=O)CCC2[C@@H](c3ccccc3)OC(C)(C)N2C(=O)OC(C)(C)C)cc1. The van der Waals surface area contributed by atoms with Crippen molar-refractivity contribution in [3.8, 4) is 0 Å². The number of amides is 2. The second-order valence-corrected chi connectivity index (χ2v) is 12.4. The highest BCUT2D eigenvalue weighted by molar-refractivity contribution is 5.85. The van der Waals surface area contributed by atoms with E-state index in [-0.39, 0.29) is 30.8 Å². The van der Waals surface area contributed by atoms with Crippen LogP contribution in [0, 0.1) is 0 Å². The maximum Gasteiger partial charge on any atom is 0.412 e. The van der Waals surface area contributed by atoms with Gasteiger partial charge in [-0.05, 0) is 85.1 Å². The van der Waals surface area contributed by atoms with Crippen molar-refractivity contribution in [3.63, 3.8) is 0 Å². The number of benzene rings is 2. The fourth-order valence-electron chi connectivity index (χ4n) is 4.61. The second-order valence-electron chi connectivity index (χ2n) is 12.4. The van der Waals surface area contributed by atoms with Gasteiger partial charge in [-0.2, -0.15) is 0 Å². The molecule has 0 saturated carbocycles. The average Bonchev–Trinajstić information content (AvgIpc) is 3.07. The smallest absolute Gasteiger partial charge is 0.412 e. The van der Waals surface area contributed by atoms with E-state index in [2.05, 4.69) is 5.32 Å². The monoisotopic (exact) mass is 538 g/mol. The van der Waals surface area contributed by atoms with Gasteiger partial charge in [-0.3, -0.25) is 15.0 Å². The Bertz CT molecular complexity index is 1150. The third kappa shape index (κ3) is 8.82. The lowest BCUT2D eigenvalue weighted by Crippen LogP contribution is -2.50. The van der Waals surface area contributed by atoms with Gasteiger partial charge in [0, 0.05) is 18.5 Å². The highest BCUT2D eigenvalue weighted by atomic mass is 16.6. The Morgan fingerprint density at radius 2 is 1.49 bits per heavy atom. The summed E-state index contributed by atoms with van der Waals surface area (Å²) in [5.41, 5.74) is 0.207. The molecule has 1 fully saturated rings. The number of nitrogens with one attached hydrogen (secondary N) is 1. The molecule has 3 rings (SSSR count). The molecule has 0 bridgehead atoms. The van der Waals surface area contributed by atoms with Crippen LogP contribution in [0.3, 0.4) is 0 Å². The summed E-state index contributed by atoms with van der Waals surface area (Å²) in [6.07, 6.45) is -0.442. The maximum atomic E-state index is 13.3. The first-order valence-electron chi connectivity index (χ1n) is 13.4. The molecule has 0 radical (unpaired) electrons. The second kappa shape index (κ2) is 11.8. The maximum absolute atomic E-state index is 13.3. The largest absolute Gasteiger partial charge is 0.444 e. The molecule has 212 valence electrons. The van der Waals surface area contributed by atoms with E-state index in [1.165, 1.54) is 0 Å². The Balaban J connectivity index is 1.69. The fourth-order valence-corrected chi connectivity index (χ4v) is 4.61. The number of rotatable bonds is 7. The molecule has 8 nitrogen and oxygen atoms in total. The van der Waals surface area contributed by atoms with Crippen LogP contribution in [0.1, 0.15) is 85.5 Å². The number of nitrogens with zero attached hydrogens (tertiary/aromatic N) is 1. The Kier molecular flexibility index (Phi) is 9.11. The predicted octanol–water partition coefficient (Wildman–Crippen LogP) is 7.04. The van der Waals surface area contributed by atoms with E-state index < -0.39 is 29.1 Å². The Hall–Kier alpha value is -3.39. The summed E-state index contributed by atoms with van der Waals surface area (Å²) in [6.45, 7) is 14.6. The molecule has 1 aliphatic rings. The lowest BCUT2D eigenvalue weighted by Gasteiger charge is -2.35. The van der Waals surface area contributed by atoms with E-state index in [1.54, 1.807) is 37.8 Å². The van der Waals surface area contributed by atoms with Crippen molar-refractivity contribution in [2.75, 3.05) is 5.32 Å². The molecule has 2 aromatic rings. The van der Waals surface area contributed by atoms with E-state index in [0.29, 0.717) is 12.1 Å². The van der Waals surface area contributed by atoms with Crippen LogP contribution < -0.4 is 5.32 Å². The van der Waals surface area contributed by atoms with Crippen LogP contribution in [-0.2, 0) is 25.4 Å². The molecule has 1 N–H and O–H groups in total. The van der Waals surface area contributed by atoms with E-state index in [1.807, 2.05) is 77.1 Å². The van der Waals surface area contributed by atoms with Crippen LogP contribution in [0.2, 0.25) is 0 Å². The minimum absolute atomic E-state index is 0.0449. The highest BCUT2D eigenvalue weighted by Gasteiger charge is 2.51. The van der Waals surface area contributed by atoms with Crippen LogP contribution in [0.15, 0.2) is 54.6 Å². The molecule has 2 amide bonds. The van der Waals surface area contributed by atoms with E-state index >= 15 is 0 Å².